The molecule has 0 bridgehead atoms. The Morgan fingerprint density at radius 3 is 2.54 bits per heavy atom. The van der Waals surface area contributed by atoms with E-state index in [1.807, 2.05) is 36.4 Å². The lowest BCUT2D eigenvalue weighted by atomic mass is 10.1. The molecule has 5 nitrogen and oxygen atoms in total. The first kappa shape index (κ1) is 18.3. The molecule has 3 rings (SSSR count). The van der Waals surface area contributed by atoms with E-state index in [0.29, 0.717) is 31.0 Å². The van der Waals surface area contributed by atoms with Crippen LogP contribution in [0.2, 0.25) is 5.02 Å². The lowest BCUT2D eigenvalue weighted by Gasteiger charge is -2.17. The highest BCUT2D eigenvalue weighted by Crippen LogP contribution is 2.26. The molecule has 1 fully saturated rings. The molecule has 1 saturated heterocycles. The fraction of sp³-hybridized carbons (Fsp3) is 0.300. The minimum Gasteiger partial charge on any atom is -0.497 e. The van der Waals surface area contributed by atoms with Gasteiger partial charge in [-0.15, -0.1) is 0 Å². The summed E-state index contributed by atoms with van der Waals surface area (Å²) < 4.78 is 5.14. The lowest BCUT2D eigenvalue weighted by molar-refractivity contribution is -0.121. The van der Waals surface area contributed by atoms with Crippen molar-refractivity contribution in [2.75, 3.05) is 25.1 Å². The summed E-state index contributed by atoms with van der Waals surface area (Å²) in [5, 5.41) is 3.58. The topological polar surface area (TPSA) is 58.6 Å². The molecular weight excluding hydrogens is 352 g/mol. The summed E-state index contributed by atoms with van der Waals surface area (Å²) in [5.41, 5.74) is 1.76. The first-order valence-corrected chi connectivity index (χ1v) is 8.88. The van der Waals surface area contributed by atoms with Gasteiger partial charge < -0.3 is 15.0 Å². The second kappa shape index (κ2) is 8.23. The van der Waals surface area contributed by atoms with Crippen molar-refractivity contribution < 1.29 is 14.3 Å². The van der Waals surface area contributed by atoms with Gasteiger partial charge >= 0.3 is 0 Å². The maximum atomic E-state index is 12.3. The lowest BCUT2D eigenvalue weighted by Crippen LogP contribution is -2.32. The number of carbonyl (C=O) groups is 2. The maximum absolute atomic E-state index is 12.3. The molecule has 1 N–H and O–H groups in total. The number of hydrogen-bond donors (Lipinski definition) is 1. The van der Waals surface area contributed by atoms with Gasteiger partial charge in [0.2, 0.25) is 11.8 Å². The fourth-order valence-electron chi connectivity index (χ4n) is 3.04. The summed E-state index contributed by atoms with van der Waals surface area (Å²) in [5.74, 6) is 0.889. The summed E-state index contributed by atoms with van der Waals surface area (Å²) in [6.45, 7) is 1.09. The van der Waals surface area contributed by atoms with E-state index in [4.69, 9.17) is 16.3 Å². The number of rotatable bonds is 6. The summed E-state index contributed by atoms with van der Waals surface area (Å²) >= 11 is 5.85. The molecule has 2 aromatic rings. The van der Waals surface area contributed by atoms with Crippen LogP contribution in [0.5, 0.6) is 5.75 Å². The van der Waals surface area contributed by atoms with Crippen molar-refractivity contribution in [1.29, 1.82) is 0 Å². The first-order valence-electron chi connectivity index (χ1n) is 8.50. The number of hydrogen-bond acceptors (Lipinski definition) is 3. The summed E-state index contributed by atoms with van der Waals surface area (Å²) in [6, 6.07) is 14.6. The molecule has 6 heteroatoms. The van der Waals surface area contributed by atoms with E-state index in [9.17, 15) is 9.59 Å². The van der Waals surface area contributed by atoms with Crippen molar-refractivity contribution in [1.82, 2.24) is 5.32 Å². The SMILES string of the molecule is COc1ccc(N2CC(CNC(=O)Cc3ccc(Cl)cc3)CC2=O)cc1. The Hall–Kier alpha value is -2.53. The average molecular weight is 373 g/mol. The van der Waals surface area contributed by atoms with Crippen LogP contribution in [0.15, 0.2) is 48.5 Å². The van der Waals surface area contributed by atoms with Crippen LogP contribution >= 0.6 is 11.6 Å². The number of nitrogens with one attached hydrogen (secondary N) is 1. The van der Waals surface area contributed by atoms with Crippen molar-refractivity contribution in [2.45, 2.75) is 12.8 Å². The summed E-state index contributed by atoms with van der Waals surface area (Å²) in [4.78, 5) is 26.1. The van der Waals surface area contributed by atoms with Crippen molar-refractivity contribution in [3.63, 3.8) is 0 Å². The zero-order chi connectivity index (χ0) is 18.5. The summed E-state index contributed by atoms with van der Waals surface area (Å²) in [7, 11) is 1.61. The maximum Gasteiger partial charge on any atom is 0.227 e. The monoisotopic (exact) mass is 372 g/mol. The Morgan fingerprint density at radius 2 is 1.88 bits per heavy atom. The Balaban J connectivity index is 1.50. The van der Waals surface area contributed by atoms with E-state index in [0.717, 1.165) is 17.0 Å². The fourth-order valence-corrected chi connectivity index (χ4v) is 3.16. The van der Waals surface area contributed by atoms with Crippen molar-refractivity contribution >= 4 is 29.1 Å². The van der Waals surface area contributed by atoms with Crippen LogP contribution < -0.4 is 15.0 Å². The van der Waals surface area contributed by atoms with Gasteiger partial charge in [-0.1, -0.05) is 23.7 Å². The molecule has 0 aliphatic carbocycles. The molecule has 0 aromatic heterocycles. The number of amides is 2. The second-order valence-electron chi connectivity index (χ2n) is 6.38. The van der Waals surface area contributed by atoms with E-state index >= 15 is 0 Å². The average Bonchev–Trinajstić information content (AvgIpc) is 3.03. The van der Waals surface area contributed by atoms with Gasteiger partial charge in [0.05, 0.1) is 13.5 Å². The van der Waals surface area contributed by atoms with Gasteiger partial charge in [-0.2, -0.15) is 0 Å². The number of methoxy groups -OCH3 is 1. The van der Waals surface area contributed by atoms with Gasteiger partial charge in [0.15, 0.2) is 0 Å². The van der Waals surface area contributed by atoms with Crippen LogP contribution in [-0.2, 0) is 16.0 Å². The molecule has 1 unspecified atom stereocenters. The molecule has 2 aromatic carbocycles. The molecule has 1 heterocycles. The third kappa shape index (κ3) is 4.55. The van der Waals surface area contributed by atoms with Crippen LogP contribution in [0.25, 0.3) is 0 Å². The second-order valence-corrected chi connectivity index (χ2v) is 6.82. The predicted molar refractivity (Wildman–Crippen MR) is 102 cm³/mol. The molecule has 26 heavy (non-hydrogen) atoms. The highest BCUT2D eigenvalue weighted by Gasteiger charge is 2.30. The third-order valence-corrected chi connectivity index (χ3v) is 4.71. The molecule has 2 amide bonds. The predicted octanol–water partition coefficient (Wildman–Crippen LogP) is 3.06. The van der Waals surface area contributed by atoms with Crippen LogP contribution in [0.4, 0.5) is 5.69 Å². The van der Waals surface area contributed by atoms with E-state index in [2.05, 4.69) is 5.32 Å². The Kier molecular flexibility index (Phi) is 5.78. The number of carbonyl (C=O) groups excluding carboxylic acids is 2. The first-order chi connectivity index (χ1) is 12.5. The van der Waals surface area contributed by atoms with Gasteiger partial charge in [0.1, 0.15) is 5.75 Å². The molecule has 1 aliphatic rings. The standard InChI is InChI=1S/C20H21ClN2O3/c1-26-18-8-6-17(7-9-18)23-13-15(11-20(23)25)12-22-19(24)10-14-2-4-16(21)5-3-14/h2-9,15H,10-13H2,1H3,(H,22,24). The molecule has 136 valence electrons. The van der Waals surface area contributed by atoms with Crippen LogP contribution in [0, 0.1) is 5.92 Å². The third-order valence-electron chi connectivity index (χ3n) is 4.46. The highest BCUT2D eigenvalue weighted by atomic mass is 35.5. The molecule has 1 aliphatic heterocycles. The molecular formula is C20H21ClN2O3. The summed E-state index contributed by atoms with van der Waals surface area (Å²) in [6.07, 6.45) is 0.743. The Morgan fingerprint density at radius 1 is 1.19 bits per heavy atom. The van der Waals surface area contributed by atoms with Gasteiger partial charge in [0, 0.05) is 36.1 Å². The number of nitrogens with zero attached hydrogens (tertiary/aromatic N) is 1. The van der Waals surface area contributed by atoms with E-state index in [1.165, 1.54) is 0 Å². The molecule has 0 spiro atoms. The minimum atomic E-state index is -0.0531. The smallest absolute Gasteiger partial charge is 0.227 e. The van der Waals surface area contributed by atoms with E-state index < -0.39 is 0 Å². The van der Waals surface area contributed by atoms with Crippen molar-refractivity contribution in [3.05, 3.63) is 59.1 Å². The number of anilines is 1. The van der Waals surface area contributed by atoms with Crippen LogP contribution in [0.1, 0.15) is 12.0 Å². The molecule has 0 radical (unpaired) electrons. The molecule has 0 saturated carbocycles. The Bertz CT molecular complexity index is 775. The van der Waals surface area contributed by atoms with Crippen molar-refractivity contribution in [3.8, 4) is 5.75 Å². The largest absolute Gasteiger partial charge is 0.497 e. The molecule has 1 atom stereocenters. The highest BCUT2D eigenvalue weighted by molar-refractivity contribution is 6.30. The number of ether oxygens (including phenoxy) is 1. The van der Waals surface area contributed by atoms with E-state index in [-0.39, 0.29) is 17.7 Å². The minimum absolute atomic E-state index is 0.0531. The van der Waals surface area contributed by atoms with Gasteiger partial charge in [-0.05, 0) is 42.0 Å². The Labute approximate surface area is 157 Å². The van der Waals surface area contributed by atoms with Gasteiger partial charge in [0.25, 0.3) is 0 Å². The van der Waals surface area contributed by atoms with Gasteiger partial charge in [-0.25, -0.2) is 0 Å². The zero-order valence-corrected chi connectivity index (χ0v) is 15.3. The van der Waals surface area contributed by atoms with Gasteiger partial charge in [-0.3, -0.25) is 9.59 Å². The van der Waals surface area contributed by atoms with Crippen LogP contribution in [-0.4, -0.2) is 32.0 Å². The number of benzene rings is 2. The van der Waals surface area contributed by atoms with Crippen LogP contribution in [0.3, 0.4) is 0 Å². The van der Waals surface area contributed by atoms with E-state index in [1.54, 1.807) is 24.1 Å². The van der Waals surface area contributed by atoms with Crippen molar-refractivity contribution in [2.24, 2.45) is 5.92 Å². The number of halogens is 1. The quantitative estimate of drug-likeness (QED) is 0.847. The zero-order valence-electron chi connectivity index (χ0n) is 14.6. The normalized spacial score (nSPS) is 16.6.